The van der Waals surface area contributed by atoms with Crippen LogP contribution in [0.15, 0.2) is 24.3 Å². The fourth-order valence-corrected chi connectivity index (χ4v) is 6.13. The molecule has 2 saturated heterocycles. The van der Waals surface area contributed by atoms with E-state index in [1.54, 1.807) is 14.2 Å². The Bertz CT molecular complexity index is 580. The number of carbonyl (C=O) groups is 1. The zero-order chi connectivity index (χ0) is 16.4. The Labute approximate surface area is 140 Å². The van der Waals surface area contributed by atoms with Crippen LogP contribution in [0.4, 0.5) is 0 Å². The lowest BCUT2D eigenvalue weighted by atomic mass is 9.83. The summed E-state index contributed by atoms with van der Waals surface area (Å²) in [5.41, 5.74) is 1.45. The van der Waals surface area contributed by atoms with Gasteiger partial charge >= 0.3 is 0 Å². The highest BCUT2D eigenvalue weighted by molar-refractivity contribution is 7.86. The average molecular weight is 336 g/mol. The molecule has 2 atom stereocenters. The highest BCUT2D eigenvalue weighted by atomic mass is 32.2. The standard InChI is InChI=1S/C18H24O4S/c1-21-18(22-2)16-9-4-3-8-15(16)17(19)12-10-13-6-5-7-14(11-12)23(13)20/h3-4,8-9,12-14,18H,5-7,10-11H2,1-2H3. The normalized spacial score (nSPS) is 30.4. The molecule has 0 aromatic heterocycles. The summed E-state index contributed by atoms with van der Waals surface area (Å²) < 4.78 is 23.0. The lowest BCUT2D eigenvalue weighted by molar-refractivity contribution is -0.106. The van der Waals surface area contributed by atoms with Gasteiger partial charge in [0.15, 0.2) is 12.1 Å². The molecule has 2 aliphatic heterocycles. The van der Waals surface area contributed by atoms with E-state index in [0.717, 1.165) is 37.7 Å². The number of Topliss-reactive ketones (excluding diaryl/α,β-unsaturated/α-hetero) is 1. The van der Waals surface area contributed by atoms with Gasteiger partial charge in [-0.2, -0.15) is 0 Å². The lowest BCUT2D eigenvalue weighted by Gasteiger charge is -2.37. The molecule has 126 valence electrons. The van der Waals surface area contributed by atoms with E-state index in [0.29, 0.717) is 5.56 Å². The quantitative estimate of drug-likeness (QED) is 0.612. The predicted molar refractivity (Wildman–Crippen MR) is 89.8 cm³/mol. The molecule has 2 fully saturated rings. The average Bonchev–Trinajstić information content (AvgIpc) is 2.55. The number of benzene rings is 1. The van der Waals surface area contributed by atoms with Crippen LogP contribution in [0.2, 0.25) is 0 Å². The summed E-state index contributed by atoms with van der Waals surface area (Å²) in [6.45, 7) is 0. The van der Waals surface area contributed by atoms with Gasteiger partial charge in [0.2, 0.25) is 0 Å². The number of methoxy groups -OCH3 is 2. The molecule has 2 unspecified atom stereocenters. The zero-order valence-corrected chi connectivity index (χ0v) is 14.5. The molecule has 0 aliphatic carbocycles. The van der Waals surface area contributed by atoms with E-state index in [1.165, 1.54) is 0 Å². The summed E-state index contributed by atoms with van der Waals surface area (Å²) in [6.07, 6.45) is 4.10. The van der Waals surface area contributed by atoms with E-state index in [1.807, 2.05) is 24.3 Å². The summed E-state index contributed by atoms with van der Waals surface area (Å²) in [5.74, 6) is 0.117. The Balaban J connectivity index is 1.85. The molecule has 3 rings (SSSR count). The maximum Gasteiger partial charge on any atom is 0.183 e. The van der Waals surface area contributed by atoms with Crippen LogP contribution >= 0.6 is 0 Å². The van der Waals surface area contributed by atoms with Crippen LogP contribution in [-0.2, 0) is 20.3 Å². The van der Waals surface area contributed by atoms with Crippen LogP contribution in [-0.4, -0.2) is 34.7 Å². The Morgan fingerprint density at radius 3 is 2.35 bits per heavy atom. The number of fused-ring (bicyclic) bond motifs is 2. The molecule has 2 aliphatic rings. The largest absolute Gasteiger partial charge is 0.352 e. The second-order valence-corrected chi connectivity index (χ2v) is 8.42. The highest BCUT2D eigenvalue weighted by Crippen LogP contribution is 2.39. The molecule has 2 bridgehead atoms. The summed E-state index contributed by atoms with van der Waals surface area (Å²) >= 11 is 0. The molecule has 1 aromatic rings. The van der Waals surface area contributed by atoms with Crippen LogP contribution in [0, 0.1) is 5.92 Å². The fraction of sp³-hybridized carbons (Fsp3) is 0.611. The molecule has 0 N–H and O–H groups in total. The van der Waals surface area contributed by atoms with E-state index in [-0.39, 0.29) is 22.2 Å². The van der Waals surface area contributed by atoms with Gasteiger partial charge in [-0.1, -0.05) is 30.7 Å². The van der Waals surface area contributed by atoms with E-state index in [2.05, 4.69) is 0 Å². The van der Waals surface area contributed by atoms with Gasteiger partial charge < -0.3 is 9.47 Å². The number of ether oxygens (including phenoxy) is 2. The van der Waals surface area contributed by atoms with Gasteiger partial charge in [0.05, 0.1) is 0 Å². The molecule has 0 spiro atoms. The van der Waals surface area contributed by atoms with E-state index < -0.39 is 17.1 Å². The third-order valence-corrected chi connectivity index (χ3v) is 7.25. The maximum absolute atomic E-state index is 13.1. The van der Waals surface area contributed by atoms with Crippen LogP contribution in [0.3, 0.4) is 0 Å². The molecule has 1 aromatic carbocycles. The van der Waals surface area contributed by atoms with Crippen molar-refractivity contribution in [3.63, 3.8) is 0 Å². The van der Waals surface area contributed by atoms with Crippen molar-refractivity contribution in [2.75, 3.05) is 14.2 Å². The van der Waals surface area contributed by atoms with Gasteiger partial charge in [-0.05, 0) is 25.7 Å². The number of hydrogen-bond donors (Lipinski definition) is 0. The van der Waals surface area contributed by atoms with Crippen molar-refractivity contribution in [1.82, 2.24) is 0 Å². The van der Waals surface area contributed by atoms with Gasteiger partial charge in [0, 0.05) is 52.6 Å². The minimum absolute atomic E-state index is 0.0292. The molecule has 0 amide bonds. The molecule has 4 nitrogen and oxygen atoms in total. The zero-order valence-electron chi connectivity index (χ0n) is 13.7. The molecule has 5 heteroatoms. The van der Waals surface area contributed by atoms with Crippen molar-refractivity contribution in [2.24, 2.45) is 5.92 Å². The van der Waals surface area contributed by atoms with Crippen molar-refractivity contribution in [3.05, 3.63) is 35.4 Å². The minimum atomic E-state index is -0.749. The molecular weight excluding hydrogens is 312 g/mol. The van der Waals surface area contributed by atoms with Crippen LogP contribution in [0.25, 0.3) is 0 Å². The van der Waals surface area contributed by atoms with Gasteiger partial charge in [-0.3, -0.25) is 9.00 Å². The first-order valence-corrected chi connectivity index (χ1v) is 9.51. The van der Waals surface area contributed by atoms with Crippen molar-refractivity contribution in [2.45, 2.75) is 48.9 Å². The highest BCUT2D eigenvalue weighted by Gasteiger charge is 2.41. The SMILES string of the molecule is COC(OC)c1ccccc1C(=O)C1CC2CCCC(C1)S2=O. The Morgan fingerprint density at radius 1 is 1.13 bits per heavy atom. The number of hydrogen-bond acceptors (Lipinski definition) is 4. The lowest BCUT2D eigenvalue weighted by Crippen LogP contribution is -2.41. The van der Waals surface area contributed by atoms with E-state index >= 15 is 0 Å². The monoisotopic (exact) mass is 336 g/mol. The van der Waals surface area contributed by atoms with Crippen molar-refractivity contribution < 1.29 is 18.5 Å². The van der Waals surface area contributed by atoms with E-state index in [4.69, 9.17) is 9.47 Å². The number of rotatable bonds is 5. The second-order valence-electron chi connectivity index (χ2n) is 6.43. The van der Waals surface area contributed by atoms with Crippen LogP contribution in [0.5, 0.6) is 0 Å². The number of carbonyl (C=O) groups excluding carboxylic acids is 1. The maximum atomic E-state index is 13.1. The first-order valence-electron chi connectivity index (χ1n) is 8.23. The fourth-order valence-electron chi connectivity index (χ4n) is 3.95. The smallest absolute Gasteiger partial charge is 0.183 e. The third kappa shape index (κ3) is 3.28. The minimum Gasteiger partial charge on any atom is -0.352 e. The van der Waals surface area contributed by atoms with Crippen molar-refractivity contribution in [3.8, 4) is 0 Å². The van der Waals surface area contributed by atoms with E-state index in [9.17, 15) is 9.00 Å². The van der Waals surface area contributed by atoms with Gasteiger partial charge in [0.1, 0.15) is 0 Å². The molecular formula is C18H24O4S. The predicted octanol–water partition coefficient (Wildman–Crippen LogP) is 3.24. The Kier molecular flexibility index (Phi) is 5.29. The Morgan fingerprint density at radius 2 is 1.74 bits per heavy atom. The summed E-state index contributed by atoms with van der Waals surface area (Å²) in [7, 11) is 2.40. The first-order chi connectivity index (χ1) is 11.2. The molecule has 0 saturated carbocycles. The molecule has 23 heavy (non-hydrogen) atoms. The van der Waals surface area contributed by atoms with Crippen LogP contribution in [0.1, 0.15) is 54.3 Å². The molecule has 2 heterocycles. The van der Waals surface area contributed by atoms with Gasteiger partial charge in [-0.15, -0.1) is 0 Å². The Hall–Kier alpha value is -1.04. The summed E-state index contributed by atoms with van der Waals surface area (Å²) in [6, 6.07) is 7.50. The second kappa shape index (κ2) is 7.24. The summed E-state index contributed by atoms with van der Waals surface area (Å²) in [5, 5.41) is 0.397. The molecule has 0 radical (unpaired) electrons. The topological polar surface area (TPSA) is 52.6 Å². The van der Waals surface area contributed by atoms with Crippen molar-refractivity contribution in [1.29, 1.82) is 0 Å². The number of ketones is 1. The van der Waals surface area contributed by atoms with Crippen molar-refractivity contribution >= 4 is 16.6 Å². The van der Waals surface area contributed by atoms with Gasteiger partial charge in [-0.25, -0.2) is 0 Å². The summed E-state index contributed by atoms with van der Waals surface area (Å²) in [4.78, 5) is 13.1. The van der Waals surface area contributed by atoms with Gasteiger partial charge in [0.25, 0.3) is 0 Å². The third-order valence-electron chi connectivity index (χ3n) is 5.08. The first kappa shape index (κ1) is 16.8. The van der Waals surface area contributed by atoms with Crippen LogP contribution < -0.4 is 0 Å².